The predicted molar refractivity (Wildman–Crippen MR) is 196 cm³/mol. The molecule has 3 N–H and O–H groups in total. The Labute approximate surface area is 312 Å². The molecule has 3 aliphatic heterocycles. The van der Waals surface area contributed by atoms with E-state index in [9.17, 15) is 24.0 Å². The van der Waals surface area contributed by atoms with Crippen LogP contribution in [0.25, 0.3) is 0 Å². The standard InChI is InChI=1S/C38H56BN5O9/c1-9-43-17-18-44(33(47)32(43)46)35(49)42-29(22-13-15-40-16-14-22)31(45)41-28(39-52-27-21-24-20-26(37(24,5)6)38(27,7)53-39)19-23-11-10-12-25(30(23)50-8)34(48)51-36(2,3)4/h10-12,22,24,26-29,40H,9,13-21H2,1-8H3,(H,41,45)(H,42,49)/t24-,26-,27+,28?,29?,38-/m0/s1. The van der Waals surface area contributed by atoms with E-state index in [1.165, 1.54) is 12.0 Å². The van der Waals surface area contributed by atoms with Gasteiger partial charge in [-0.05, 0) is 115 Å². The molecule has 0 radical (unpaired) electrons. The number of amides is 5. The third kappa shape index (κ3) is 7.53. The van der Waals surface area contributed by atoms with E-state index >= 15 is 0 Å². The van der Waals surface area contributed by atoms with Crippen molar-refractivity contribution >= 4 is 36.8 Å². The number of ether oxygens (including phenoxy) is 2. The number of methoxy groups -OCH3 is 1. The Hall–Kier alpha value is -3.69. The minimum atomic E-state index is -1.01. The molecule has 5 amide bonds. The summed E-state index contributed by atoms with van der Waals surface area (Å²) >= 11 is 0. The van der Waals surface area contributed by atoms with Crippen LogP contribution in [0.2, 0.25) is 0 Å². The summed E-state index contributed by atoms with van der Waals surface area (Å²) in [6, 6.07) is 3.43. The molecule has 6 fully saturated rings. The molecule has 2 unspecified atom stereocenters. The highest BCUT2D eigenvalue weighted by atomic mass is 16.7. The lowest BCUT2D eigenvalue weighted by atomic mass is 9.43. The van der Waals surface area contributed by atoms with Gasteiger partial charge in [-0.3, -0.25) is 19.3 Å². The van der Waals surface area contributed by atoms with Crippen molar-refractivity contribution in [3.8, 4) is 5.75 Å². The molecule has 53 heavy (non-hydrogen) atoms. The molecular weight excluding hydrogens is 681 g/mol. The van der Waals surface area contributed by atoms with Gasteiger partial charge in [0.1, 0.15) is 23.0 Å². The number of urea groups is 1. The van der Waals surface area contributed by atoms with E-state index < -0.39 is 60.0 Å². The second kappa shape index (κ2) is 14.9. The molecule has 6 atom stereocenters. The van der Waals surface area contributed by atoms with Crippen LogP contribution in [0.4, 0.5) is 4.79 Å². The predicted octanol–water partition coefficient (Wildman–Crippen LogP) is 2.71. The Morgan fingerprint density at radius 1 is 1.06 bits per heavy atom. The molecular formula is C38H56BN5O9. The summed E-state index contributed by atoms with van der Waals surface area (Å²) in [4.78, 5) is 69.4. The van der Waals surface area contributed by atoms with Crippen LogP contribution in [0.3, 0.4) is 0 Å². The van der Waals surface area contributed by atoms with Gasteiger partial charge in [0.15, 0.2) is 0 Å². The zero-order valence-corrected chi connectivity index (χ0v) is 32.4. The molecule has 1 aromatic carbocycles. The largest absolute Gasteiger partial charge is 0.496 e. The third-order valence-corrected chi connectivity index (χ3v) is 12.3. The Kier molecular flexibility index (Phi) is 10.9. The fourth-order valence-electron chi connectivity index (χ4n) is 9.23. The van der Waals surface area contributed by atoms with Gasteiger partial charge in [-0.1, -0.05) is 26.0 Å². The maximum absolute atomic E-state index is 14.6. The van der Waals surface area contributed by atoms with Crippen molar-refractivity contribution in [2.75, 3.05) is 39.8 Å². The number of likely N-dealkylation sites (N-methyl/N-ethyl adjacent to an activating group) is 1. The molecule has 3 heterocycles. The molecule has 3 saturated carbocycles. The zero-order chi connectivity index (χ0) is 38.5. The number of nitrogens with zero attached hydrogens (tertiary/aromatic N) is 2. The average molecular weight is 738 g/mol. The molecule has 7 rings (SSSR count). The van der Waals surface area contributed by atoms with E-state index in [2.05, 4.69) is 36.7 Å². The van der Waals surface area contributed by atoms with Gasteiger partial charge in [0.2, 0.25) is 5.91 Å². The third-order valence-electron chi connectivity index (χ3n) is 12.3. The summed E-state index contributed by atoms with van der Waals surface area (Å²) in [7, 11) is 0.646. The highest BCUT2D eigenvalue weighted by Gasteiger charge is 2.68. The number of para-hydroxylation sites is 1. The van der Waals surface area contributed by atoms with E-state index in [4.69, 9.17) is 18.8 Å². The fourth-order valence-corrected chi connectivity index (χ4v) is 9.23. The Balaban J connectivity index is 1.30. The van der Waals surface area contributed by atoms with Gasteiger partial charge in [-0.15, -0.1) is 0 Å². The number of nitrogens with one attached hydrogen (secondary N) is 3. The Bertz CT molecular complexity index is 1610. The summed E-state index contributed by atoms with van der Waals surface area (Å²) < 4.78 is 25.1. The first-order valence-corrected chi connectivity index (χ1v) is 19.1. The second-order valence-corrected chi connectivity index (χ2v) is 17.0. The number of carbonyl (C=O) groups is 5. The molecule has 15 heteroatoms. The number of carbonyl (C=O) groups excluding carboxylic acids is 5. The first-order chi connectivity index (χ1) is 25.0. The quantitative estimate of drug-likeness (QED) is 0.185. The first kappa shape index (κ1) is 39.0. The van der Waals surface area contributed by atoms with Crippen LogP contribution < -0.4 is 20.7 Å². The van der Waals surface area contributed by atoms with Crippen LogP contribution in [-0.4, -0.2) is 116 Å². The Morgan fingerprint density at radius 2 is 1.77 bits per heavy atom. The van der Waals surface area contributed by atoms with Crippen molar-refractivity contribution in [3.05, 3.63) is 29.3 Å². The van der Waals surface area contributed by atoms with Crippen molar-refractivity contribution in [1.29, 1.82) is 0 Å². The van der Waals surface area contributed by atoms with Crippen molar-refractivity contribution in [1.82, 2.24) is 25.8 Å². The van der Waals surface area contributed by atoms with Gasteiger partial charge >= 0.3 is 30.9 Å². The fraction of sp³-hybridized carbons (Fsp3) is 0.711. The number of hydrogen-bond donors (Lipinski definition) is 3. The number of esters is 1. The molecule has 0 aromatic heterocycles. The van der Waals surface area contributed by atoms with Crippen LogP contribution in [0, 0.1) is 23.2 Å². The molecule has 1 aromatic rings. The van der Waals surface area contributed by atoms with Gasteiger partial charge in [-0.25, -0.2) is 9.59 Å². The SMILES string of the molecule is CCN1CCN(C(=O)NC(C(=O)NC(Cc2cccc(C(=O)OC(C)(C)C)c2OC)B2O[C@@H]3C[C@@H]4C[C@@H](C4(C)C)[C@]3(C)O2)C2CCNCC2)C(=O)C1=O. The number of benzene rings is 1. The monoisotopic (exact) mass is 737 g/mol. The maximum Gasteiger partial charge on any atom is 0.482 e. The summed E-state index contributed by atoms with van der Waals surface area (Å²) in [5, 5.41) is 9.33. The number of hydrogen-bond acceptors (Lipinski definition) is 10. The Morgan fingerprint density at radius 3 is 2.42 bits per heavy atom. The van der Waals surface area contributed by atoms with Gasteiger partial charge in [0.05, 0.1) is 24.8 Å². The van der Waals surface area contributed by atoms with E-state index in [-0.39, 0.29) is 48.4 Å². The smallest absolute Gasteiger partial charge is 0.482 e. The minimum absolute atomic E-state index is 0.0312. The topological polar surface area (TPSA) is 165 Å². The summed E-state index contributed by atoms with van der Waals surface area (Å²) in [5.41, 5.74) is -0.304. The van der Waals surface area contributed by atoms with Gasteiger partial charge in [0, 0.05) is 19.6 Å². The number of piperidine rings is 1. The first-order valence-electron chi connectivity index (χ1n) is 19.1. The second-order valence-electron chi connectivity index (χ2n) is 17.0. The molecule has 6 aliphatic rings. The van der Waals surface area contributed by atoms with Crippen LogP contribution in [0.15, 0.2) is 18.2 Å². The minimum Gasteiger partial charge on any atom is -0.496 e. The summed E-state index contributed by atoms with van der Waals surface area (Å²) in [6.07, 6.45) is 3.13. The van der Waals surface area contributed by atoms with Gasteiger partial charge < -0.3 is 39.6 Å². The average Bonchev–Trinajstić information content (AvgIpc) is 3.48. The van der Waals surface area contributed by atoms with Crippen molar-refractivity contribution in [2.24, 2.45) is 23.2 Å². The van der Waals surface area contributed by atoms with Crippen LogP contribution in [-0.2, 0) is 34.9 Å². The lowest BCUT2D eigenvalue weighted by Gasteiger charge is -2.64. The molecule has 3 aliphatic carbocycles. The van der Waals surface area contributed by atoms with Crippen molar-refractivity contribution in [3.63, 3.8) is 0 Å². The van der Waals surface area contributed by atoms with Crippen LogP contribution >= 0.6 is 0 Å². The van der Waals surface area contributed by atoms with Crippen molar-refractivity contribution in [2.45, 2.75) is 110 Å². The summed E-state index contributed by atoms with van der Waals surface area (Å²) in [5.74, 6) is -2.54. The molecule has 14 nitrogen and oxygen atoms in total. The van der Waals surface area contributed by atoms with E-state index in [0.29, 0.717) is 49.7 Å². The van der Waals surface area contributed by atoms with Gasteiger partial charge in [0.25, 0.3) is 0 Å². The zero-order valence-electron chi connectivity index (χ0n) is 32.4. The number of rotatable bonds is 10. The molecule has 3 saturated heterocycles. The summed E-state index contributed by atoms with van der Waals surface area (Å²) in [6.45, 7) is 15.8. The van der Waals surface area contributed by atoms with Crippen molar-refractivity contribution < 1.29 is 42.8 Å². The lowest BCUT2D eigenvalue weighted by molar-refractivity contribution is -0.199. The van der Waals surface area contributed by atoms with Crippen LogP contribution in [0.5, 0.6) is 5.75 Å². The number of imide groups is 1. The normalized spacial score (nSPS) is 28.1. The van der Waals surface area contributed by atoms with E-state index in [1.54, 1.807) is 39.8 Å². The van der Waals surface area contributed by atoms with E-state index in [0.717, 1.165) is 17.7 Å². The highest BCUT2D eigenvalue weighted by molar-refractivity contribution is 6.48. The number of piperazine rings is 1. The van der Waals surface area contributed by atoms with E-state index in [1.807, 2.05) is 6.07 Å². The molecule has 290 valence electrons. The maximum atomic E-state index is 14.6. The van der Waals surface area contributed by atoms with Crippen LogP contribution in [0.1, 0.15) is 90.1 Å². The van der Waals surface area contributed by atoms with Gasteiger partial charge in [-0.2, -0.15) is 0 Å². The lowest BCUT2D eigenvalue weighted by Crippen LogP contribution is -2.65. The molecule has 0 spiro atoms. The molecule has 2 bridgehead atoms. The highest BCUT2D eigenvalue weighted by Crippen LogP contribution is 2.65.